The number of hydrogen-bond acceptors (Lipinski definition) is 1. The predicted molar refractivity (Wildman–Crippen MR) is 115 cm³/mol. The Morgan fingerprint density at radius 1 is 0.409 bits per heavy atom. The predicted octanol–water partition coefficient (Wildman–Crippen LogP) is 6.67. The van der Waals surface area contributed by atoms with Crippen molar-refractivity contribution in [3.63, 3.8) is 0 Å². The maximum absolute atomic E-state index is 8.31. The van der Waals surface area contributed by atoms with Crippen LogP contribution in [0.5, 0.6) is 0 Å². The van der Waals surface area contributed by atoms with Gasteiger partial charge in [0.2, 0.25) is 0 Å². The molecule has 0 atom stereocenters. The molecule has 0 saturated heterocycles. The Morgan fingerprint density at radius 3 is 0.409 bits per heavy atom. The first kappa shape index (κ1) is 34.6. The second-order valence-corrected chi connectivity index (χ2v) is 30.7. The van der Waals surface area contributed by atoms with Crippen LogP contribution in [0.15, 0.2) is 0 Å². The molecule has 0 fully saturated rings. The van der Waals surface area contributed by atoms with Gasteiger partial charge in [-0.15, -0.1) is 32.3 Å². The third-order valence-electron chi connectivity index (χ3n) is 0. The summed E-state index contributed by atoms with van der Waals surface area (Å²) in [4.78, 5) is 0. The molecular formula is C16H44OReSi4-4. The van der Waals surface area contributed by atoms with Gasteiger partial charge in [0, 0.05) is 0 Å². The van der Waals surface area contributed by atoms with Crippen LogP contribution in [0.1, 0.15) is 0 Å². The molecule has 0 saturated carbocycles. The van der Waals surface area contributed by atoms with Crippen molar-refractivity contribution < 1.29 is 22.6 Å². The van der Waals surface area contributed by atoms with Crippen molar-refractivity contribution in [3.8, 4) is 0 Å². The number of rotatable bonds is 0. The third-order valence-corrected chi connectivity index (χ3v) is 0. The molecule has 0 amide bonds. The van der Waals surface area contributed by atoms with Crippen LogP contribution in [0.2, 0.25) is 78.6 Å². The minimum atomic E-state index is -0.861. The summed E-state index contributed by atoms with van der Waals surface area (Å²) in [5.41, 5.74) is 0. The Kier molecular flexibility index (Phi) is 24.9. The monoisotopic (exact) mass is 551 g/mol. The second-order valence-electron chi connectivity index (χ2n) is 10.2. The van der Waals surface area contributed by atoms with E-state index in [1.807, 2.05) is 0 Å². The average molecular weight is 551 g/mol. The van der Waals surface area contributed by atoms with E-state index in [0.29, 0.717) is 19.2 Å². The molecule has 22 heavy (non-hydrogen) atoms. The minimum absolute atomic E-state index is 0.472. The van der Waals surface area contributed by atoms with Crippen molar-refractivity contribution in [3.05, 3.63) is 26.2 Å². The van der Waals surface area contributed by atoms with Crippen LogP contribution in [-0.2, 0) is 22.6 Å². The van der Waals surface area contributed by atoms with Gasteiger partial charge in [-0.3, -0.25) is 0 Å². The van der Waals surface area contributed by atoms with Gasteiger partial charge >= 0.3 is 22.6 Å². The summed E-state index contributed by atoms with van der Waals surface area (Å²) in [6.07, 6.45) is 0. The van der Waals surface area contributed by atoms with E-state index < -0.39 is 32.3 Å². The molecule has 0 aromatic rings. The second kappa shape index (κ2) is 15.8. The summed E-state index contributed by atoms with van der Waals surface area (Å²) in [5, 5.41) is 0. The van der Waals surface area contributed by atoms with E-state index in [0.717, 1.165) is 0 Å². The molecule has 0 aromatic heterocycles. The Hall–Kier alpha value is 1.33. The summed E-state index contributed by atoms with van der Waals surface area (Å²) in [7, 11) is -3.44. The average Bonchev–Trinajstić information content (AvgIpc) is 1.92. The Bertz CT molecular complexity index is 148. The molecule has 0 bridgehead atoms. The van der Waals surface area contributed by atoms with Crippen LogP contribution in [0.25, 0.3) is 0 Å². The molecule has 0 aliphatic carbocycles. The molecule has 0 radical (unpaired) electrons. The van der Waals surface area contributed by atoms with Gasteiger partial charge in [0.15, 0.2) is 0 Å². The summed E-state index contributed by atoms with van der Waals surface area (Å²) in [6.45, 7) is 42.2. The van der Waals surface area contributed by atoms with Gasteiger partial charge in [0.05, 0.1) is 0 Å². The van der Waals surface area contributed by atoms with Crippen LogP contribution < -0.4 is 0 Å². The number of hydrogen-bond donors (Lipinski definition) is 0. The first-order chi connectivity index (χ1) is 9.00. The topological polar surface area (TPSA) is 17.1 Å². The normalized spacial score (nSPS) is 11.1. The molecule has 0 rings (SSSR count). The molecule has 0 N–H and O–H groups in total. The van der Waals surface area contributed by atoms with Crippen LogP contribution in [0.3, 0.4) is 0 Å². The van der Waals surface area contributed by atoms with Crippen LogP contribution >= 0.6 is 0 Å². The molecule has 0 unspecified atom stereocenters. The Labute approximate surface area is 159 Å². The first-order valence-electron chi connectivity index (χ1n) is 7.57. The maximum atomic E-state index is 8.31. The van der Waals surface area contributed by atoms with Crippen LogP contribution in [-0.4, -0.2) is 32.3 Å². The molecular weight excluding hydrogens is 507 g/mol. The molecule has 0 aliphatic rings. The van der Waals surface area contributed by atoms with Crippen LogP contribution in [0, 0.1) is 26.2 Å². The van der Waals surface area contributed by atoms with Crippen molar-refractivity contribution in [1.29, 1.82) is 0 Å². The summed E-state index contributed by atoms with van der Waals surface area (Å²) >= 11 is 0.472. The van der Waals surface area contributed by atoms with E-state index in [4.69, 9.17) is 3.47 Å². The molecule has 0 aromatic carbocycles. The summed E-state index contributed by atoms with van der Waals surface area (Å²) < 4.78 is 8.31. The quantitative estimate of drug-likeness (QED) is 0.243. The molecule has 0 spiro atoms. The summed E-state index contributed by atoms with van der Waals surface area (Å²) in [6, 6.07) is 0. The fraction of sp³-hybridized carbons (Fsp3) is 0.750. The van der Waals surface area contributed by atoms with Crippen molar-refractivity contribution in [2.45, 2.75) is 78.6 Å². The van der Waals surface area contributed by atoms with Crippen molar-refractivity contribution in [2.24, 2.45) is 0 Å². The zero-order chi connectivity index (χ0) is 20.0. The van der Waals surface area contributed by atoms with Gasteiger partial charge in [-0.25, -0.2) is 0 Å². The molecule has 1 nitrogen and oxygen atoms in total. The fourth-order valence-electron chi connectivity index (χ4n) is 0. The zero-order valence-electron chi connectivity index (χ0n) is 17.6. The standard InChI is InChI=1S/4C4H11Si.O.Re/c4*1-5(2,3)4;;/h4*1H2,2-4H3;;/q4*-1;;. The van der Waals surface area contributed by atoms with E-state index in [1.54, 1.807) is 0 Å². The van der Waals surface area contributed by atoms with Gasteiger partial charge in [-0.05, 0) is 0 Å². The molecule has 0 aliphatic heterocycles. The van der Waals surface area contributed by atoms with Crippen molar-refractivity contribution in [1.82, 2.24) is 0 Å². The Balaban J connectivity index is -0.0000000562. The van der Waals surface area contributed by atoms with Crippen molar-refractivity contribution in [2.75, 3.05) is 0 Å². The van der Waals surface area contributed by atoms with Gasteiger partial charge in [-0.2, -0.15) is 0 Å². The van der Waals surface area contributed by atoms with Crippen LogP contribution in [0.4, 0.5) is 0 Å². The summed E-state index contributed by atoms with van der Waals surface area (Å²) in [5.74, 6) is 0. The van der Waals surface area contributed by atoms with E-state index in [2.05, 4.69) is 105 Å². The third kappa shape index (κ3) is 4980. The molecule has 6 heteroatoms. The van der Waals surface area contributed by atoms with Gasteiger partial charge in [0.1, 0.15) is 0 Å². The Morgan fingerprint density at radius 2 is 0.409 bits per heavy atom. The SMILES string of the molecule is [CH2-][Si](C)(C)C.[CH2-][Si](C)(C)C.[CH2-][Si](C)(C)C.[CH2-][Si](C)(C)C.[O]=[Re]. The van der Waals surface area contributed by atoms with Gasteiger partial charge in [-0.1, -0.05) is 78.6 Å². The molecule has 0 heterocycles. The van der Waals surface area contributed by atoms with E-state index in [9.17, 15) is 0 Å². The first-order valence-corrected chi connectivity index (χ1v) is 23.5. The van der Waals surface area contributed by atoms with Crippen molar-refractivity contribution >= 4 is 32.3 Å². The van der Waals surface area contributed by atoms with E-state index in [1.165, 1.54) is 0 Å². The molecule has 141 valence electrons. The van der Waals surface area contributed by atoms with Gasteiger partial charge in [0.25, 0.3) is 0 Å². The van der Waals surface area contributed by atoms with E-state index >= 15 is 0 Å². The fourth-order valence-corrected chi connectivity index (χ4v) is 0. The van der Waals surface area contributed by atoms with Gasteiger partial charge < -0.3 is 26.2 Å². The van der Waals surface area contributed by atoms with E-state index in [-0.39, 0.29) is 0 Å². The zero-order valence-corrected chi connectivity index (χ0v) is 24.3.